The lowest BCUT2D eigenvalue weighted by atomic mass is 9.99. The molecule has 5 aromatic carbocycles. The normalized spacial score (nSPS) is 13.5. The second-order valence-corrected chi connectivity index (χ2v) is 10.6. The van der Waals surface area contributed by atoms with Crippen molar-refractivity contribution in [2.45, 2.75) is 19.6 Å². The van der Waals surface area contributed by atoms with E-state index in [9.17, 15) is 5.26 Å². The van der Waals surface area contributed by atoms with Crippen LogP contribution in [0.2, 0.25) is 0 Å². The Morgan fingerprint density at radius 1 is 0.674 bits per heavy atom. The van der Waals surface area contributed by atoms with E-state index in [4.69, 9.17) is 27.4 Å². The number of anilines is 3. The highest BCUT2D eigenvalue weighted by atomic mass is 16.7. The third-order valence-corrected chi connectivity index (χ3v) is 7.42. The van der Waals surface area contributed by atoms with Crippen molar-refractivity contribution < 1.29 is 14.2 Å². The van der Waals surface area contributed by atoms with Gasteiger partial charge in [0.1, 0.15) is 0 Å². The molecule has 0 saturated heterocycles. The molecule has 0 bridgehead atoms. The minimum absolute atomic E-state index is 0.0270. The summed E-state index contributed by atoms with van der Waals surface area (Å²) in [6.07, 6.45) is 0. The van der Waals surface area contributed by atoms with Gasteiger partial charge in [-0.2, -0.15) is 5.26 Å². The molecule has 0 unspecified atom stereocenters. The Morgan fingerprint density at radius 2 is 1.19 bits per heavy atom. The molecule has 0 fully saturated rings. The highest BCUT2D eigenvalue weighted by Gasteiger charge is 2.42. The molecule has 2 aliphatic rings. The van der Waals surface area contributed by atoms with Gasteiger partial charge in [0.15, 0.2) is 23.0 Å². The number of hydrogen-bond donors (Lipinski definition) is 0. The summed E-state index contributed by atoms with van der Waals surface area (Å²) in [5.41, 5.74) is 5.50. The van der Waals surface area contributed by atoms with Gasteiger partial charge in [-0.1, -0.05) is 72.8 Å². The van der Waals surface area contributed by atoms with Crippen LogP contribution in [0, 0.1) is 24.5 Å². The van der Waals surface area contributed by atoms with Gasteiger partial charge in [-0.15, -0.1) is 0 Å². The molecule has 0 saturated carbocycles. The van der Waals surface area contributed by atoms with Crippen molar-refractivity contribution in [1.82, 2.24) is 0 Å². The van der Waals surface area contributed by atoms with Crippen molar-refractivity contribution in [3.8, 4) is 51.3 Å². The van der Waals surface area contributed by atoms with E-state index in [-0.39, 0.29) is 28.4 Å². The maximum absolute atomic E-state index is 10.5. The van der Waals surface area contributed by atoms with Crippen LogP contribution in [0.15, 0.2) is 97.1 Å². The molecule has 0 spiro atoms. The van der Waals surface area contributed by atoms with E-state index < -0.39 is 5.79 Å². The zero-order valence-corrected chi connectivity index (χ0v) is 23.3. The maximum Gasteiger partial charge on any atom is 0.244 e. The van der Waals surface area contributed by atoms with Gasteiger partial charge in [0.2, 0.25) is 17.2 Å². The molecular weight excluding hydrogens is 536 g/mol. The highest BCUT2D eigenvalue weighted by Crippen LogP contribution is 2.62. The van der Waals surface area contributed by atoms with Gasteiger partial charge in [-0.25, -0.2) is 9.69 Å². The lowest BCUT2D eigenvalue weighted by Gasteiger charge is -2.35. The first-order valence-electron chi connectivity index (χ1n) is 13.6. The highest BCUT2D eigenvalue weighted by molar-refractivity contribution is 6.01. The number of benzene rings is 5. The second kappa shape index (κ2) is 9.70. The summed E-state index contributed by atoms with van der Waals surface area (Å²) < 4.78 is 18.9. The molecule has 43 heavy (non-hydrogen) atoms. The van der Waals surface area contributed by atoms with E-state index in [1.54, 1.807) is 13.8 Å². The van der Waals surface area contributed by atoms with Crippen molar-refractivity contribution >= 4 is 28.4 Å². The molecule has 0 aliphatic carbocycles. The molecule has 0 radical (unpaired) electrons. The third kappa shape index (κ3) is 4.10. The van der Waals surface area contributed by atoms with Crippen molar-refractivity contribution in [1.29, 1.82) is 5.26 Å². The monoisotopic (exact) mass is 558 g/mol. The summed E-state index contributed by atoms with van der Waals surface area (Å²) in [5.74, 6) is 0.396. The minimum atomic E-state index is -1.11. The third-order valence-electron chi connectivity index (χ3n) is 7.42. The van der Waals surface area contributed by atoms with Gasteiger partial charge in [0.05, 0.1) is 41.8 Å². The van der Waals surface area contributed by atoms with Crippen molar-refractivity contribution in [2.24, 2.45) is 0 Å². The number of fused-ring (bicyclic) bond motifs is 3. The van der Waals surface area contributed by atoms with Crippen LogP contribution in [0.25, 0.3) is 31.9 Å². The predicted octanol–water partition coefficient (Wildman–Crippen LogP) is 10.1. The first kappa shape index (κ1) is 25.7. The van der Waals surface area contributed by atoms with E-state index in [0.29, 0.717) is 28.6 Å². The summed E-state index contributed by atoms with van der Waals surface area (Å²) in [5, 5.41) is 10.5. The Kier molecular flexibility index (Phi) is 5.80. The average molecular weight is 559 g/mol. The average Bonchev–Trinajstić information content (AvgIpc) is 3.37. The first-order valence-corrected chi connectivity index (χ1v) is 13.6. The molecule has 7 rings (SSSR count). The standard InChI is InChI=1S/C36H22N4O3/c1-36(2)42-34-32(39-4)31(38-3)26(21-37)33(35(34)43-36)40-27-17-15-24(22-11-7-5-8-12-22)19-29(27)41-30-20-25(16-18-28(30)40)23-13-9-6-10-14-23/h5-20H,1-2H3. The van der Waals surface area contributed by atoms with E-state index >= 15 is 0 Å². The summed E-state index contributed by atoms with van der Waals surface area (Å²) >= 11 is 0. The van der Waals surface area contributed by atoms with E-state index in [1.165, 1.54) is 0 Å². The van der Waals surface area contributed by atoms with Crippen LogP contribution in [-0.2, 0) is 0 Å². The molecule has 7 heteroatoms. The Balaban J connectivity index is 1.53. The summed E-state index contributed by atoms with van der Waals surface area (Å²) in [7, 11) is 0. The SMILES string of the molecule is [C-]#[N+]c1c(C#N)c(N2c3ccc(-c4ccccc4)cc3Oc3cc(-c4ccccc4)ccc32)c2c(c1[N+]#[C-])OC(C)(C)O2. The fourth-order valence-electron chi connectivity index (χ4n) is 5.57. The molecule has 0 atom stereocenters. The van der Waals surface area contributed by atoms with Crippen LogP contribution in [0.4, 0.5) is 28.4 Å². The molecule has 0 aromatic heterocycles. The molecule has 2 aliphatic heterocycles. The molecule has 5 aromatic rings. The minimum Gasteiger partial charge on any atom is -0.462 e. The van der Waals surface area contributed by atoms with Crippen LogP contribution in [0.5, 0.6) is 23.0 Å². The van der Waals surface area contributed by atoms with Crippen LogP contribution in [-0.4, -0.2) is 5.79 Å². The number of nitrogens with zero attached hydrogens (tertiary/aromatic N) is 4. The first-order chi connectivity index (χ1) is 20.9. The van der Waals surface area contributed by atoms with Crippen molar-refractivity contribution in [3.05, 3.63) is 125 Å². The van der Waals surface area contributed by atoms with Gasteiger partial charge < -0.3 is 14.2 Å². The second-order valence-electron chi connectivity index (χ2n) is 10.6. The zero-order chi connectivity index (χ0) is 29.7. The van der Waals surface area contributed by atoms with Crippen LogP contribution in [0.1, 0.15) is 19.4 Å². The number of hydrogen-bond acceptors (Lipinski definition) is 5. The van der Waals surface area contributed by atoms with Gasteiger partial charge in [-0.05, 0) is 46.5 Å². The lowest BCUT2D eigenvalue weighted by Crippen LogP contribution is -2.30. The summed E-state index contributed by atoms with van der Waals surface area (Å²) in [6.45, 7) is 19.2. The molecule has 7 nitrogen and oxygen atoms in total. The Labute approximate surface area is 249 Å². The largest absolute Gasteiger partial charge is 0.462 e. The van der Waals surface area contributed by atoms with Crippen LogP contribution in [0.3, 0.4) is 0 Å². The number of rotatable bonds is 3. The van der Waals surface area contributed by atoms with Gasteiger partial charge in [-0.3, -0.25) is 4.90 Å². The predicted molar refractivity (Wildman–Crippen MR) is 165 cm³/mol. The van der Waals surface area contributed by atoms with Crippen LogP contribution >= 0.6 is 0 Å². The molecule has 0 amide bonds. The topological polar surface area (TPSA) is 63.4 Å². The molecule has 204 valence electrons. The smallest absolute Gasteiger partial charge is 0.244 e. The molecular formula is C36H22N4O3. The van der Waals surface area contributed by atoms with Gasteiger partial charge >= 0.3 is 0 Å². The number of nitriles is 1. The number of ether oxygens (including phenoxy) is 3. The van der Waals surface area contributed by atoms with Crippen LogP contribution < -0.4 is 19.1 Å². The maximum atomic E-state index is 10.5. The van der Waals surface area contributed by atoms with Gasteiger partial charge in [0, 0.05) is 13.8 Å². The van der Waals surface area contributed by atoms with E-state index in [2.05, 4.69) is 15.8 Å². The zero-order valence-electron chi connectivity index (χ0n) is 23.3. The quantitative estimate of drug-likeness (QED) is 0.202. The van der Waals surface area contributed by atoms with Crippen molar-refractivity contribution in [2.75, 3.05) is 4.90 Å². The van der Waals surface area contributed by atoms with E-state index in [1.807, 2.05) is 102 Å². The van der Waals surface area contributed by atoms with E-state index in [0.717, 1.165) is 22.3 Å². The lowest BCUT2D eigenvalue weighted by molar-refractivity contribution is -0.0426. The fourth-order valence-corrected chi connectivity index (χ4v) is 5.57. The summed E-state index contributed by atoms with van der Waals surface area (Å²) in [6, 6.07) is 34.0. The Hall–Kier alpha value is -6.23. The van der Waals surface area contributed by atoms with Gasteiger partial charge in [0.25, 0.3) is 0 Å². The Bertz CT molecular complexity index is 1980. The Morgan fingerprint density at radius 3 is 1.67 bits per heavy atom. The molecule has 2 heterocycles. The fraction of sp³-hybridized carbons (Fsp3) is 0.0833. The van der Waals surface area contributed by atoms with Crippen molar-refractivity contribution in [3.63, 3.8) is 0 Å². The molecule has 0 N–H and O–H groups in total. The summed E-state index contributed by atoms with van der Waals surface area (Å²) in [4.78, 5) is 9.10.